The fraction of sp³-hybridized carbons (Fsp3) is 0.0345. The Morgan fingerprint density at radius 2 is 1.38 bits per heavy atom. The lowest BCUT2D eigenvalue weighted by atomic mass is 9.99. The van der Waals surface area contributed by atoms with Crippen molar-refractivity contribution in [1.82, 2.24) is 0 Å². The Balaban J connectivity index is 1.66. The summed E-state index contributed by atoms with van der Waals surface area (Å²) in [6, 6.07) is 15.4. The van der Waals surface area contributed by atoms with Crippen LogP contribution in [0.25, 0.3) is 22.3 Å². The minimum absolute atomic E-state index is 0.126. The van der Waals surface area contributed by atoms with Gasteiger partial charge in [0.05, 0.1) is 0 Å². The highest BCUT2D eigenvalue weighted by Crippen LogP contribution is 2.31. The van der Waals surface area contributed by atoms with E-state index in [1.54, 1.807) is 36.4 Å². The normalized spacial score (nSPS) is 10.8. The third-order valence-corrected chi connectivity index (χ3v) is 4.78. The molecule has 0 aliphatic rings. The molecule has 0 aliphatic carbocycles. The lowest BCUT2D eigenvalue weighted by Crippen LogP contribution is -1.99. The Morgan fingerprint density at radius 1 is 0.757 bits per heavy atom. The maximum absolute atomic E-state index is 14.9. The van der Waals surface area contributed by atoms with Gasteiger partial charge in [0.1, 0.15) is 36.6 Å². The minimum atomic E-state index is -0.722. The molecule has 188 valence electrons. The number of hydrogen-bond donors (Lipinski definition) is 0. The van der Waals surface area contributed by atoms with Crippen molar-refractivity contribution in [2.24, 2.45) is 0 Å². The summed E-state index contributed by atoms with van der Waals surface area (Å²) >= 11 is 0. The van der Waals surface area contributed by atoms with Gasteiger partial charge in [0.25, 0.3) is 0 Å². The molecule has 0 atom stereocenters. The zero-order chi connectivity index (χ0) is 26.8. The quantitative estimate of drug-likeness (QED) is 0.171. The molecule has 0 fully saturated rings. The number of carbonyl (C=O) groups excluding carboxylic acids is 2. The Morgan fingerprint density at radius 3 is 2.03 bits per heavy atom. The molecule has 0 saturated carbocycles. The largest absolute Gasteiger partial charge is 0.462 e. The smallest absolute Gasteiger partial charge is 0.338 e. The molecule has 0 spiro atoms. The molecule has 8 heteroatoms. The highest BCUT2D eigenvalue weighted by Gasteiger charge is 2.11. The van der Waals surface area contributed by atoms with Gasteiger partial charge in [0, 0.05) is 17.2 Å². The number of ether oxygens (including phenoxy) is 4. The molecule has 0 N–H and O–H groups in total. The van der Waals surface area contributed by atoms with E-state index in [4.69, 9.17) is 14.2 Å². The van der Waals surface area contributed by atoms with E-state index in [9.17, 15) is 18.4 Å². The fourth-order valence-corrected chi connectivity index (χ4v) is 2.96. The van der Waals surface area contributed by atoms with Crippen molar-refractivity contribution in [1.29, 1.82) is 0 Å². The van der Waals surface area contributed by atoms with E-state index in [-0.39, 0.29) is 16.9 Å². The molecule has 0 amide bonds. The first-order valence-corrected chi connectivity index (χ1v) is 10.8. The van der Waals surface area contributed by atoms with Crippen LogP contribution in [0, 0.1) is 11.6 Å². The maximum atomic E-state index is 14.9. The monoisotopic (exact) mass is 504 g/mol. The van der Waals surface area contributed by atoms with E-state index in [0.29, 0.717) is 16.9 Å². The highest BCUT2D eigenvalue weighted by molar-refractivity contribution is 5.87. The average molecular weight is 504 g/mol. The van der Waals surface area contributed by atoms with Crippen molar-refractivity contribution in [3.63, 3.8) is 0 Å². The van der Waals surface area contributed by atoms with Gasteiger partial charge in [0.2, 0.25) is 0 Å². The second-order valence-electron chi connectivity index (χ2n) is 7.47. The standard InChI is InChI=1S/C29H22F2O6/c1-4-28(32)36-15-13-34-23-9-5-20(6-10-23)21-7-11-24(25(30)17-21)22-8-12-27(26(31)18-22)35-14-16-37-29(33)19(2)3/h4-18H,1-2H2,3H3. The summed E-state index contributed by atoms with van der Waals surface area (Å²) < 4.78 is 49.2. The number of benzene rings is 3. The number of halogens is 2. The van der Waals surface area contributed by atoms with Crippen LogP contribution in [0.2, 0.25) is 0 Å². The van der Waals surface area contributed by atoms with E-state index in [1.165, 1.54) is 31.4 Å². The van der Waals surface area contributed by atoms with Crippen molar-refractivity contribution in [3.8, 4) is 33.8 Å². The molecule has 3 rings (SSSR count). The fourth-order valence-electron chi connectivity index (χ4n) is 2.96. The third-order valence-electron chi connectivity index (χ3n) is 4.78. The first kappa shape index (κ1) is 26.6. The molecule has 0 radical (unpaired) electrons. The van der Waals surface area contributed by atoms with Crippen molar-refractivity contribution >= 4 is 11.9 Å². The molecule has 0 aliphatic heterocycles. The van der Waals surface area contributed by atoms with Crippen LogP contribution in [0.1, 0.15) is 6.92 Å². The lowest BCUT2D eigenvalue weighted by Gasteiger charge is -2.09. The Hall–Kier alpha value is -4.98. The van der Waals surface area contributed by atoms with Crippen LogP contribution in [0.3, 0.4) is 0 Å². The molecule has 0 heterocycles. The van der Waals surface area contributed by atoms with Crippen LogP contribution in [0.5, 0.6) is 11.5 Å². The maximum Gasteiger partial charge on any atom is 0.338 e. The molecule has 6 nitrogen and oxygen atoms in total. The molecular formula is C29H22F2O6. The summed E-state index contributed by atoms with van der Waals surface area (Å²) in [7, 11) is 0. The predicted octanol–water partition coefficient (Wildman–Crippen LogP) is 6.85. The molecule has 0 unspecified atom stereocenters. The van der Waals surface area contributed by atoms with E-state index in [2.05, 4.69) is 17.9 Å². The van der Waals surface area contributed by atoms with Gasteiger partial charge in [-0.3, -0.25) is 0 Å². The highest BCUT2D eigenvalue weighted by atomic mass is 19.1. The van der Waals surface area contributed by atoms with Crippen molar-refractivity contribution in [2.75, 3.05) is 0 Å². The van der Waals surface area contributed by atoms with E-state index in [0.717, 1.165) is 36.5 Å². The van der Waals surface area contributed by atoms with Gasteiger partial charge < -0.3 is 18.9 Å². The van der Waals surface area contributed by atoms with Crippen LogP contribution in [-0.2, 0) is 19.1 Å². The summed E-state index contributed by atoms with van der Waals surface area (Å²) in [5.74, 6) is -2.15. The molecule has 37 heavy (non-hydrogen) atoms. The second kappa shape index (κ2) is 12.6. The van der Waals surface area contributed by atoms with Gasteiger partial charge in [-0.25, -0.2) is 18.4 Å². The summed E-state index contributed by atoms with van der Waals surface area (Å²) in [6.07, 6.45) is 5.30. The first-order valence-electron chi connectivity index (χ1n) is 10.8. The van der Waals surface area contributed by atoms with Crippen LogP contribution in [-0.4, -0.2) is 11.9 Å². The molecule has 0 bridgehead atoms. The van der Waals surface area contributed by atoms with Crippen LogP contribution >= 0.6 is 0 Å². The van der Waals surface area contributed by atoms with E-state index < -0.39 is 23.6 Å². The van der Waals surface area contributed by atoms with Crippen molar-refractivity contribution < 1.29 is 37.3 Å². The van der Waals surface area contributed by atoms with Crippen LogP contribution < -0.4 is 9.47 Å². The Bertz CT molecular complexity index is 1370. The number of esters is 2. The van der Waals surface area contributed by atoms with Gasteiger partial charge >= 0.3 is 11.9 Å². The average Bonchev–Trinajstić information content (AvgIpc) is 2.89. The van der Waals surface area contributed by atoms with Crippen LogP contribution in [0.4, 0.5) is 8.78 Å². The molecule has 3 aromatic carbocycles. The zero-order valence-corrected chi connectivity index (χ0v) is 19.8. The minimum Gasteiger partial charge on any atom is -0.462 e. The summed E-state index contributed by atoms with van der Waals surface area (Å²) in [6.45, 7) is 8.20. The molecule has 0 saturated heterocycles. The van der Waals surface area contributed by atoms with Gasteiger partial charge in [0.15, 0.2) is 11.6 Å². The summed E-state index contributed by atoms with van der Waals surface area (Å²) in [4.78, 5) is 22.3. The number of rotatable bonds is 10. The number of carbonyl (C=O) groups is 2. The molecule has 0 aromatic heterocycles. The lowest BCUT2D eigenvalue weighted by molar-refractivity contribution is -0.134. The predicted molar refractivity (Wildman–Crippen MR) is 134 cm³/mol. The summed E-state index contributed by atoms with van der Waals surface area (Å²) in [5.41, 5.74) is 2.07. The Kier molecular flexibility index (Phi) is 9.10. The first-order chi connectivity index (χ1) is 17.8. The SMILES string of the molecule is C=CC(=O)OC=COc1ccc(-c2ccc(-c3ccc(OC=COC(=O)C(=C)C)c(F)c3)c(F)c2)cc1. The van der Waals surface area contributed by atoms with Gasteiger partial charge in [-0.15, -0.1) is 0 Å². The number of hydrogen-bond acceptors (Lipinski definition) is 6. The van der Waals surface area contributed by atoms with Gasteiger partial charge in [-0.2, -0.15) is 0 Å². The zero-order valence-electron chi connectivity index (χ0n) is 19.8. The van der Waals surface area contributed by atoms with Crippen molar-refractivity contribution in [2.45, 2.75) is 6.92 Å². The van der Waals surface area contributed by atoms with E-state index in [1.807, 2.05) is 0 Å². The van der Waals surface area contributed by atoms with Gasteiger partial charge in [-0.1, -0.05) is 43.5 Å². The second-order valence-corrected chi connectivity index (χ2v) is 7.47. The molecular weight excluding hydrogens is 482 g/mol. The molecule has 3 aromatic rings. The summed E-state index contributed by atoms with van der Waals surface area (Å²) in [5, 5.41) is 0. The van der Waals surface area contributed by atoms with Gasteiger partial charge in [-0.05, 0) is 53.9 Å². The van der Waals surface area contributed by atoms with Crippen molar-refractivity contribution in [3.05, 3.63) is 122 Å². The Labute approximate surface area is 212 Å². The van der Waals surface area contributed by atoms with E-state index >= 15 is 0 Å². The van der Waals surface area contributed by atoms with Crippen LogP contribution in [0.15, 0.2) is 111 Å². The third kappa shape index (κ3) is 7.50. The topological polar surface area (TPSA) is 71.1 Å².